The Labute approximate surface area is 111 Å². The average Bonchev–Trinajstić information content (AvgIpc) is 2.40. The van der Waals surface area contributed by atoms with Crippen molar-refractivity contribution in [2.24, 2.45) is 0 Å². The number of hydrogen-bond donors (Lipinski definition) is 2. The van der Waals surface area contributed by atoms with Crippen molar-refractivity contribution in [1.82, 2.24) is 0 Å². The fourth-order valence-corrected chi connectivity index (χ4v) is 2.43. The van der Waals surface area contributed by atoms with E-state index in [2.05, 4.69) is 6.92 Å². The van der Waals surface area contributed by atoms with Crippen molar-refractivity contribution in [3.8, 4) is 22.6 Å². The van der Waals surface area contributed by atoms with Crippen molar-refractivity contribution in [2.45, 2.75) is 6.92 Å². The molecule has 0 aliphatic heterocycles. The number of aryl methyl sites for hydroxylation is 1. The molecule has 0 spiro atoms. The van der Waals surface area contributed by atoms with Crippen LogP contribution in [0.4, 0.5) is 0 Å². The number of hydrogen-bond acceptors (Lipinski definition) is 2. The molecule has 0 amide bonds. The highest BCUT2D eigenvalue weighted by atomic mass is 16.3. The fourth-order valence-electron chi connectivity index (χ4n) is 2.43. The third-order valence-electron chi connectivity index (χ3n) is 3.45. The first kappa shape index (κ1) is 11.6. The summed E-state index contributed by atoms with van der Waals surface area (Å²) < 4.78 is 0. The zero-order valence-corrected chi connectivity index (χ0v) is 10.6. The van der Waals surface area contributed by atoms with Crippen LogP contribution in [-0.2, 0) is 0 Å². The minimum absolute atomic E-state index is 0.270. The van der Waals surface area contributed by atoms with Gasteiger partial charge in [-0.25, -0.2) is 0 Å². The van der Waals surface area contributed by atoms with E-state index in [-0.39, 0.29) is 11.5 Å². The van der Waals surface area contributed by atoms with Crippen LogP contribution in [0.3, 0.4) is 0 Å². The maximum Gasteiger partial charge on any atom is 0.116 e. The maximum atomic E-state index is 9.51. The van der Waals surface area contributed by atoms with E-state index in [1.807, 2.05) is 30.3 Å². The van der Waals surface area contributed by atoms with Gasteiger partial charge in [0.15, 0.2) is 0 Å². The zero-order chi connectivity index (χ0) is 13.4. The van der Waals surface area contributed by atoms with Crippen LogP contribution >= 0.6 is 0 Å². The molecule has 0 saturated carbocycles. The summed E-state index contributed by atoms with van der Waals surface area (Å²) in [6.07, 6.45) is 0. The van der Waals surface area contributed by atoms with Gasteiger partial charge in [0.05, 0.1) is 0 Å². The number of aromatic hydroxyl groups is 2. The third kappa shape index (κ3) is 2.02. The molecule has 3 rings (SSSR count). The summed E-state index contributed by atoms with van der Waals surface area (Å²) in [6.45, 7) is 2.07. The van der Waals surface area contributed by atoms with Crippen LogP contribution in [-0.4, -0.2) is 10.2 Å². The normalized spacial score (nSPS) is 10.8. The first-order chi connectivity index (χ1) is 9.15. The molecule has 0 aliphatic rings. The first-order valence-electron chi connectivity index (χ1n) is 6.17. The number of phenolic OH excluding ortho intramolecular Hbond substituents is 2. The molecule has 3 aromatic rings. The van der Waals surface area contributed by atoms with Crippen LogP contribution in [0.1, 0.15) is 5.56 Å². The lowest BCUT2D eigenvalue weighted by molar-refractivity contribution is 0.475. The number of phenols is 2. The summed E-state index contributed by atoms with van der Waals surface area (Å²) >= 11 is 0. The van der Waals surface area contributed by atoms with Gasteiger partial charge in [-0.15, -0.1) is 0 Å². The van der Waals surface area contributed by atoms with Gasteiger partial charge in [-0.1, -0.05) is 30.3 Å². The van der Waals surface area contributed by atoms with Crippen molar-refractivity contribution < 1.29 is 10.2 Å². The largest absolute Gasteiger partial charge is 0.508 e. The average molecular weight is 250 g/mol. The first-order valence-corrected chi connectivity index (χ1v) is 6.17. The minimum atomic E-state index is 0.270. The highest BCUT2D eigenvalue weighted by Crippen LogP contribution is 2.31. The van der Waals surface area contributed by atoms with Gasteiger partial charge >= 0.3 is 0 Å². The number of fused-ring (bicyclic) bond motifs is 1. The molecule has 2 nitrogen and oxygen atoms in total. The summed E-state index contributed by atoms with van der Waals surface area (Å²) in [6, 6.07) is 16.6. The lowest BCUT2D eigenvalue weighted by atomic mass is 9.95. The molecular formula is C17H14O2. The van der Waals surface area contributed by atoms with Crippen LogP contribution in [0.25, 0.3) is 21.9 Å². The van der Waals surface area contributed by atoms with Crippen LogP contribution in [0.5, 0.6) is 11.5 Å². The van der Waals surface area contributed by atoms with Crippen molar-refractivity contribution in [3.05, 3.63) is 60.2 Å². The van der Waals surface area contributed by atoms with Crippen molar-refractivity contribution in [2.75, 3.05) is 0 Å². The molecule has 0 unspecified atom stereocenters. The minimum Gasteiger partial charge on any atom is -0.508 e. The van der Waals surface area contributed by atoms with E-state index in [4.69, 9.17) is 0 Å². The zero-order valence-electron chi connectivity index (χ0n) is 10.6. The third-order valence-corrected chi connectivity index (χ3v) is 3.45. The Morgan fingerprint density at radius 3 is 2.16 bits per heavy atom. The summed E-state index contributed by atoms with van der Waals surface area (Å²) in [5, 5.41) is 21.0. The van der Waals surface area contributed by atoms with Gasteiger partial charge in [-0.3, -0.25) is 0 Å². The van der Waals surface area contributed by atoms with Crippen LogP contribution in [0.2, 0.25) is 0 Å². The number of benzene rings is 3. The smallest absolute Gasteiger partial charge is 0.116 e. The Morgan fingerprint density at radius 1 is 0.737 bits per heavy atom. The van der Waals surface area contributed by atoms with Gasteiger partial charge in [0.2, 0.25) is 0 Å². The molecule has 3 aromatic carbocycles. The second-order valence-electron chi connectivity index (χ2n) is 4.69. The van der Waals surface area contributed by atoms with Gasteiger partial charge in [0, 0.05) is 0 Å². The SMILES string of the molecule is Cc1c(-c2ccc(O)cc2)ccc2cc(O)ccc12. The summed E-state index contributed by atoms with van der Waals surface area (Å²) in [5.74, 6) is 0.552. The Hall–Kier alpha value is -2.48. The van der Waals surface area contributed by atoms with Crippen LogP contribution in [0.15, 0.2) is 54.6 Å². The van der Waals surface area contributed by atoms with Gasteiger partial charge in [0.1, 0.15) is 11.5 Å². The number of rotatable bonds is 1. The van der Waals surface area contributed by atoms with E-state index in [1.165, 1.54) is 5.56 Å². The van der Waals surface area contributed by atoms with E-state index in [0.717, 1.165) is 21.9 Å². The molecule has 0 aliphatic carbocycles. The summed E-state index contributed by atoms with van der Waals surface area (Å²) in [4.78, 5) is 0. The molecule has 0 heterocycles. The van der Waals surface area contributed by atoms with Crippen molar-refractivity contribution in [3.63, 3.8) is 0 Å². The van der Waals surface area contributed by atoms with Crippen molar-refractivity contribution in [1.29, 1.82) is 0 Å². The van der Waals surface area contributed by atoms with Gasteiger partial charge in [0.25, 0.3) is 0 Å². The molecule has 94 valence electrons. The molecule has 0 saturated heterocycles. The molecule has 0 aromatic heterocycles. The van der Waals surface area contributed by atoms with Crippen LogP contribution in [0, 0.1) is 6.92 Å². The Balaban J connectivity index is 2.22. The summed E-state index contributed by atoms with van der Waals surface area (Å²) in [5.41, 5.74) is 3.38. The molecule has 0 bridgehead atoms. The standard InChI is InChI=1S/C17H14O2/c1-11-16(12-2-5-14(18)6-3-12)8-4-13-10-15(19)7-9-17(11)13/h2-10,18-19H,1H3. The predicted octanol–water partition coefficient (Wildman–Crippen LogP) is 4.23. The molecular weight excluding hydrogens is 236 g/mol. The van der Waals surface area contributed by atoms with E-state index in [0.29, 0.717) is 0 Å². The topological polar surface area (TPSA) is 40.5 Å². The van der Waals surface area contributed by atoms with E-state index < -0.39 is 0 Å². The van der Waals surface area contributed by atoms with Gasteiger partial charge in [-0.05, 0) is 58.7 Å². The lowest BCUT2D eigenvalue weighted by Gasteiger charge is -2.10. The highest BCUT2D eigenvalue weighted by Gasteiger charge is 2.06. The van der Waals surface area contributed by atoms with Gasteiger partial charge < -0.3 is 10.2 Å². The Kier molecular flexibility index (Phi) is 2.64. The monoisotopic (exact) mass is 250 g/mol. The lowest BCUT2D eigenvalue weighted by Crippen LogP contribution is -1.85. The van der Waals surface area contributed by atoms with Crippen molar-refractivity contribution >= 4 is 10.8 Å². The van der Waals surface area contributed by atoms with E-state index in [9.17, 15) is 10.2 Å². The van der Waals surface area contributed by atoms with E-state index in [1.54, 1.807) is 24.3 Å². The molecule has 19 heavy (non-hydrogen) atoms. The second kappa shape index (κ2) is 4.32. The van der Waals surface area contributed by atoms with Gasteiger partial charge in [-0.2, -0.15) is 0 Å². The molecule has 2 N–H and O–H groups in total. The predicted molar refractivity (Wildman–Crippen MR) is 77.5 cm³/mol. The summed E-state index contributed by atoms with van der Waals surface area (Å²) in [7, 11) is 0. The molecule has 2 heteroatoms. The molecule has 0 atom stereocenters. The maximum absolute atomic E-state index is 9.51. The Morgan fingerprint density at radius 2 is 1.42 bits per heavy atom. The Bertz CT molecular complexity index is 743. The molecule has 0 radical (unpaired) electrons. The van der Waals surface area contributed by atoms with Crippen LogP contribution < -0.4 is 0 Å². The second-order valence-corrected chi connectivity index (χ2v) is 4.69. The van der Waals surface area contributed by atoms with E-state index >= 15 is 0 Å². The molecule has 0 fully saturated rings. The quantitative estimate of drug-likeness (QED) is 0.678. The highest BCUT2D eigenvalue weighted by molar-refractivity contribution is 5.92. The fraction of sp³-hybridized carbons (Fsp3) is 0.0588.